The molecule has 0 aliphatic heterocycles. The first-order valence-electron chi connectivity index (χ1n) is 6.63. The summed E-state index contributed by atoms with van der Waals surface area (Å²) in [6.45, 7) is 4.28. The van der Waals surface area contributed by atoms with Crippen LogP contribution in [0.2, 0.25) is 0 Å². The van der Waals surface area contributed by atoms with Crippen LogP contribution in [0.3, 0.4) is 0 Å². The van der Waals surface area contributed by atoms with Gasteiger partial charge in [-0.2, -0.15) is 47.5 Å². The smallest absolute Gasteiger partial charge is 0.358 e. The van der Waals surface area contributed by atoms with E-state index in [2.05, 4.69) is 86.7 Å². The molecule has 0 fully saturated rings. The molecule has 0 N–H and O–H groups in total. The molecule has 112 valence electrons. The normalized spacial score (nSPS) is 9.24. The molecule has 0 unspecified atom stereocenters. The Morgan fingerprint density at radius 3 is 1.43 bits per heavy atom. The summed E-state index contributed by atoms with van der Waals surface area (Å²) in [5.74, 6) is 0. The van der Waals surface area contributed by atoms with Gasteiger partial charge in [-0.25, -0.2) is 12.1 Å². The van der Waals surface area contributed by atoms with Gasteiger partial charge in [0, 0.05) is 0 Å². The molecule has 0 amide bonds. The monoisotopic (exact) mass is 448 g/mol. The summed E-state index contributed by atoms with van der Waals surface area (Å²) < 4.78 is 0. The molecular weight excluding hydrogens is 419 g/mol. The third kappa shape index (κ3) is 12.5. The fourth-order valence-electron chi connectivity index (χ4n) is 1.51. The average molecular weight is 447 g/mol. The van der Waals surface area contributed by atoms with Crippen molar-refractivity contribution in [2.24, 2.45) is 0 Å². The zero-order valence-electron chi connectivity index (χ0n) is 13.8. The first kappa shape index (κ1) is 25.0. The summed E-state index contributed by atoms with van der Waals surface area (Å²) in [6, 6.07) is 16.6. The van der Waals surface area contributed by atoms with Crippen LogP contribution in [0.1, 0.15) is 37.8 Å². The van der Waals surface area contributed by atoms with E-state index in [9.17, 15) is 0 Å². The standard InChI is InChI=1S/2C9H11.2CH3.Hf/c2*1-2-3-6-9-7-4-5-8-9;;;/h2*3-8H,2H2,1H3;2*1H3;/q4*-1;+4. The molecule has 0 aromatic heterocycles. The van der Waals surface area contributed by atoms with Gasteiger partial charge in [0.25, 0.3) is 0 Å². The molecule has 0 saturated carbocycles. The van der Waals surface area contributed by atoms with E-state index in [1.165, 1.54) is 11.1 Å². The quantitative estimate of drug-likeness (QED) is 0.368. The predicted octanol–water partition coefficient (Wildman–Crippen LogP) is 6.56. The maximum absolute atomic E-state index is 2.16. The number of hydrogen-bond acceptors (Lipinski definition) is 0. The molecule has 0 aliphatic carbocycles. The minimum absolute atomic E-state index is 0. The largest absolute Gasteiger partial charge is 4.00 e. The minimum Gasteiger partial charge on any atom is -0.358 e. The summed E-state index contributed by atoms with van der Waals surface area (Å²) in [5, 5.41) is 0. The average Bonchev–Trinajstić information content (AvgIpc) is 3.07. The minimum atomic E-state index is 0. The maximum atomic E-state index is 2.16. The van der Waals surface area contributed by atoms with Crippen LogP contribution in [0, 0.1) is 14.9 Å². The molecule has 2 aromatic rings. The van der Waals surface area contributed by atoms with E-state index >= 15 is 0 Å². The molecule has 2 rings (SSSR count). The van der Waals surface area contributed by atoms with Crippen LogP contribution in [0.5, 0.6) is 0 Å². The van der Waals surface area contributed by atoms with Gasteiger partial charge in [0.15, 0.2) is 0 Å². The Morgan fingerprint density at radius 1 is 0.810 bits per heavy atom. The number of allylic oxidation sites excluding steroid dienone is 2. The molecule has 0 bridgehead atoms. The van der Waals surface area contributed by atoms with Gasteiger partial charge >= 0.3 is 25.8 Å². The van der Waals surface area contributed by atoms with E-state index in [1.54, 1.807) is 0 Å². The van der Waals surface area contributed by atoms with Crippen LogP contribution >= 0.6 is 0 Å². The van der Waals surface area contributed by atoms with Gasteiger partial charge in [0.2, 0.25) is 0 Å². The molecule has 0 spiro atoms. The van der Waals surface area contributed by atoms with Gasteiger partial charge in [0.1, 0.15) is 0 Å². The molecule has 0 atom stereocenters. The van der Waals surface area contributed by atoms with Crippen molar-refractivity contribution in [1.82, 2.24) is 0 Å². The molecular formula is C20H28Hf. The van der Waals surface area contributed by atoms with Crippen LogP contribution in [0.15, 0.2) is 60.7 Å². The summed E-state index contributed by atoms with van der Waals surface area (Å²) in [6.07, 6.45) is 10.8. The van der Waals surface area contributed by atoms with Gasteiger partial charge in [-0.3, -0.25) is 0 Å². The Labute approximate surface area is 151 Å². The topological polar surface area (TPSA) is 0 Å². The summed E-state index contributed by atoms with van der Waals surface area (Å²) in [5.41, 5.74) is 2.61. The van der Waals surface area contributed by atoms with E-state index in [1.807, 2.05) is 0 Å². The van der Waals surface area contributed by atoms with Crippen molar-refractivity contribution in [2.45, 2.75) is 26.7 Å². The van der Waals surface area contributed by atoms with Crippen LogP contribution in [0.4, 0.5) is 0 Å². The third-order valence-electron chi connectivity index (χ3n) is 2.47. The van der Waals surface area contributed by atoms with E-state index in [-0.39, 0.29) is 40.7 Å². The first-order chi connectivity index (χ1) is 8.86. The third-order valence-corrected chi connectivity index (χ3v) is 2.47. The Balaban J connectivity index is -0.000000270. The first-order valence-corrected chi connectivity index (χ1v) is 6.63. The fourth-order valence-corrected chi connectivity index (χ4v) is 1.51. The van der Waals surface area contributed by atoms with Crippen molar-refractivity contribution in [3.05, 3.63) is 86.7 Å². The zero-order chi connectivity index (χ0) is 13.1. The Hall–Kier alpha value is -0.950. The van der Waals surface area contributed by atoms with Crippen LogP contribution in [-0.2, 0) is 25.8 Å². The molecule has 0 saturated heterocycles. The number of rotatable bonds is 4. The summed E-state index contributed by atoms with van der Waals surface area (Å²) in [7, 11) is 0. The fraction of sp³-hybridized carbons (Fsp3) is 0.200. The predicted molar refractivity (Wildman–Crippen MR) is 95.5 cm³/mol. The van der Waals surface area contributed by atoms with E-state index in [0.717, 1.165) is 12.8 Å². The molecule has 1 heteroatoms. The second-order valence-corrected chi connectivity index (χ2v) is 4.06. The number of hydrogen-bond donors (Lipinski definition) is 0. The van der Waals surface area contributed by atoms with E-state index in [0.29, 0.717) is 0 Å². The van der Waals surface area contributed by atoms with Gasteiger partial charge in [0.05, 0.1) is 0 Å². The van der Waals surface area contributed by atoms with E-state index in [4.69, 9.17) is 0 Å². The van der Waals surface area contributed by atoms with Crippen LogP contribution in [0.25, 0.3) is 12.2 Å². The second kappa shape index (κ2) is 17.1. The SMILES string of the molecule is CCC=Cc1cc[cH-]c1.CCC=Cc1cc[cH-]c1.[CH3-].[CH3-].[Hf+4]. The molecule has 0 nitrogen and oxygen atoms in total. The van der Waals surface area contributed by atoms with Crippen LogP contribution in [-0.4, -0.2) is 0 Å². The van der Waals surface area contributed by atoms with Crippen molar-refractivity contribution in [1.29, 1.82) is 0 Å². The molecule has 21 heavy (non-hydrogen) atoms. The van der Waals surface area contributed by atoms with Crippen molar-refractivity contribution in [2.75, 3.05) is 0 Å². The molecule has 0 radical (unpaired) electrons. The van der Waals surface area contributed by atoms with Crippen LogP contribution < -0.4 is 0 Å². The van der Waals surface area contributed by atoms with Crippen molar-refractivity contribution < 1.29 is 25.8 Å². The summed E-state index contributed by atoms with van der Waals surface area (Å²) in [4.78, 5) is 0. The molecule has 0 heterocycles. The van der Waals surface area contributed by atoms with E-state index < -0.39 is 0 Å². The van der Waals surface area contributed by atoms with Crippen molar-refractivity contribution in [3.63, 3.8) is 0 Å². The maximum Gasteiger partial charge on any atom is 4.00 e. The van der Waals surface area contributed by atoms with Gasteiger partial charge in [-0.15, -0.1) is 12.2 Å². The van der Waals surface area contributed by atoms with Gasteiger partial charge in [-0.1, -0.05) is 26.0 Å². The zero-order valence-corrected chi connectivity index (χ0v) is 17.4. The van der Waals surface area contributed by atoms with Gasteiger partial charge in [-0.05, 0) is 12.8 Å². The summed E-state index contributed by atoms with van der Waals surface area (Å²) >= 11 is 0. The van der Waals surface area contributed by atoms with Crippen molar-refractivity contribution >= 4 is 12.2 Å². The molecule has 2 aromatic carbocycles. The Kier molecular flexibility index (Phi) is 20.4. The Bertz CT molecular complexity index is 386. The Morgan fingerprint density at radius 2 is 1.19 bits per heavy atom. The second-order valence-electron chi connectivity index (χ2n) is 4.06. The molecule has 0 aliphatic rings. The van der Waals surface area contributed by atoms with Crippen molar-refractivity contribution in [3.8, 4) is 0 Å². The van der Waals surface area contributed by atoms with Gasteiger partial charge < -0.3 is 14.9 Å².